The lowest BCUT2D eigenvalue weighted by Gasteiger charge is -2.41. The van der Waals surface area contributed by atoms with Crippen LogP contribution in [0.1, 0.15) is 37.3 Å². The number of rotatable bonds is 2. The molecule has 2 saturated heterocycles. The first-order valence-corrected chi connectivity index (χ1v) is 9.87. The zero-order valence-corrected chi connectivity index (χ0v) is 14.0. The van der Waals surface area contributed by atoms with E-state index in [0.29, 0.717) is 17.5 Å². The molecule has 120 valence electrons. The largest absolute Gasteiger partial charge is 0.297 e. The summed E-state index contributed by atoms with van der Waals surface area (Å²) in [4.78, 5) is 2.95. The first-order chi connectivity index (χ1) is 10.6. The number of benzene rings is 1. The number of piperazine rings is 1. The summed E-state index contributed by atoms with van der Waals surface area (Å²) in [7, 11) is -3.36. The fraction of sp³-hybridized carbons (Fsp3) is 0.647. The van der Waals surface area contributed by atoms with Crippen molar-refractivity contribution in [2.75, 3.05) is 19.6 Å². The van der Waals surface area contributed by atoms with Gasteiger partial charge in [0.1, 0.15) is 0 Å². The van der Waals surface area contributed by atoms with Crippen LogP contribution in [0.4, 0.5) is 0 Å². The van der Waals surface area contributed by atoms with Crippen molar-refractivity contribution in [3.63, 3.8) is 0 Å². The number of nitrogens with zero attached hydrogens (tertiary/aromatic N) is 2. The quantitative estimate of drug-likeness (QED) is 0.837. The molecule has 4 nitrogen and oxygen atoms in total. The zero-order chi connectivity index (χ0) is 15.3. The molecular formula is C17H24N2O2S. The van der Waals surface area contributed by atoms with Crippen molar-refractivity contribution in [1.29, 1.82) is 0 Å². The Balaban J connectivity index is 1.65. The van der Waals surface area contributed by atoms with Gasteiger partial charge in [0.15, 0.2) is 0 Å². The van der Waals surface area contributed by atoms with Gasteiger partial charge < -0.3 is 0 Å². The Morgan fingerprint density at radius 2 is 1.91 bits per heavy atom. The lowest BCUT2D eigenvalue weighted by molar-refractivity contribution is 0.117. The van der Waals surface area contributed by atoms with E-state index < -0.39 is 10.0 Å². The molecule has 2 fully saturated rings. The summed E-state index contributed by atoms with van der Waals surface area (Å²) in [6.45, 7) is 4.69. The molecule has 1 aliphatic carbocycles. The highest BCUT2D eigenvalue weighted by atomic mass is 32.2. The molecule has 0 radical (unpaired) electrons. The Kier molecular flexibility index (Phi) is 3.55. The third-order valence-corrected chi connectivity index (χ3v) is 7.53. The zero-order valence-electron chi connectivity index (χ0n) is 13.2. The molecule has 2 atom stereocenters. The van der Waals surface area contributed by atoms with E-state index >= 15 is 0 Å². The minimum atomic E-state index is -3.36. The molecule has 3 aliphatic rings. The van der Waals surface area contributed by atoms with E-state index in [-0.39, 0.29) is 6.04 Å². The second kappa shape index (κ2) is 5.32. The number of sulfonamides is 1. The van der Waals surface area contributed by atoms with Gasteiger partial charge >= 0.3 is 0 Å². The topological polar surface area (TPSA) is 40.6 Å². The van der Waals surface area contributed by atoms with Gasteiger partial charge in [-0.05, 0) is 68.8 Å². The SMILES string of the molecule is C[C@@H]1CN2CCC[C@@H]2CN1S(=O)(=O)c1ccc2c(c1)CCC2. The maximum absolute atomic E-state index is 13.1. The second-order valence-corrected chi connectivity index (χ2v) is 8.89. The van der Waals surface area contributed by atoms with Crippen LogP contribution in [0.3, 0.4) is 0 Å². The molecule has 0 unspecified atom stereocenters. The Labute approximate surface area is 133 Å². The average molecular weight is 320 g/mol. The maximum atomic E-state index is 13.1. The van der Waals surface area contributed by atoms with Crippen LogP contribution in [0.25, 0.3) is 0 Å². The molecule has 4 rings (SSSR count). The summed E-state index contributed by atoms with van der Waals surface area (Å²) in [5.41, 5.74) is 2.56. The van der Waals surface area contributed by atoms with Crippen molar-refractivity contribution < 1.29 is 8.42 Å². The monoisotopic (exact) mass is 320 g/mol. The third-order valence-electron chi connectivity index (χ3n) is 5.56. The van der Waals surface area contributed by atoms with Crippen LogP contribution in [0.5, 0.6) is 0 Å². The molecule has 0 N–H and O–H groups in total. The van der Waals surface area contributed by atoms with Gasteiger partial charge in [0.2, 0.25) is 10.0 Å². The molecule has 0 spiro atoms. The third kappa shape index (κ3) is 2.30. The van der Waals surface area contributed by atoms with E-state index in [9.17, 15) is 8.42 Å². The van der Waals surface area contributed by atoms with Crippen LogP contribution < -0.4 is 0 Å². The molecular weight excluding hydrogens is 296 g/mol. The lowest BCUT2D eigenvalue weighted by Crippen LogP contribution is -2.56. The smallest absolute Gasteiger partial charge is 0.243 e. The summed E-state index contributed by atoms with van der Waals surface area (Å²) in [5.74, 6) is 0. The van der Waals surface area contributed by atoms with Gasteiger partial charge in [-0.1, -0.05) is 6.07 Å². The number of hydrogen-bond donors (Lipinski definition) is 0. The minimum absolute atomic E-state index is 0.0626. The summed E-state index contributed by atoms with van der Waals surface area (Å²) in [6, 6.07) is 6.23. The normalized spacial score (nSPS) is 29.5. The van der Waals surface area contributed by atoms with E-state index in [1.807, 2.05) is 25.1 Å². The van der Waals surface area contributed by atoms with E-state index in [0.717, 1.165) is 38.8 Å². The van der Waals surface area contributed by atoms with Crippen LogP contribution >= 0.6 is 0 Å². The van der Waals surface area contributed by atoms with Crippen LogP contribution in [-0.4, -0.2) is 49.3 Å². The van der Waals surface area contributed by atoms with Crippen LogP contribution in [0.15, 0.2) is 23.1 Å². The molecule has 2 heterocycles. The van der Waals surface area contributed by atoms with Crippen LogP contribution in [-0.2, 0) is 22.9 Å². The Morgan fingerprint density at radius 1 is 1.09 bits per heavy atom. The van der Waals surface area contributed by atoms with E-state index in [1.165, 1.54) is 17.5 Å². The van der Waals surface area contributed by atoms with Crippen LogP contribution in [0.2, 0.25) is 0 Å². The van der Waals surface area contributed by atoms with E-state index in [4.69, 9.17) is 0 Å². The van der Waals surface area contributed by atoms with Gasteiger partial charge in [-0.15, -0.1) is 0 Å². The number of hydrogen-bond acceptors (Lipinski definition) is 3. The van der Waals surface area contributed by atoms with Gasteiger partial charge in [-0.3, -0.25) is 4.90 Å². The van der Waals surface area contributed by atoms with Gasteiger partial charge in [0.05, 0.1) is 4.90 Å². The second-order valence-electron chi connectivity index (χ2n) is 7.00. The number of fused-ring (bicyclic) bond motifs is 2. The standard InChI is InChI=1S/C17H24N2O2S/c1-13-11-18-9-3-6-16(18)12-19(13)22(20,21)17-8-7-14-4-2-5-15(14)10-17/h7-8,10,13,16H,2-6,9,11-12H2,1H3/t13-,16-/m1/s1. The minimum Gasteiger partial charge on any atom is -0.297 e. The highest BCUT2D eigenvalue weighted by Gasteiger charge is 2.40. The van der Waals surface area contributed by atoms with E-state index in [1.54, 1.807) is 4.31 Å². The van der Waals surface area contributed by atoms with Gasteiger partial charge in [0.25, 0.3) is 0 Å². The fourth-order valence-electron chi connectivity index (χ4n) is 4.34. The predicted octanol–water partition coefficient (Wildman–Crippen LogP) is 2.03. The molecule has 1 aromatic carbocycles. The van der Waals surface area contributed by atoms with Gasteiger partial charge in [0, 0.05) is 25.2 Å². The predicted molar refractivity (Wildman–Crippen MR) is 86.4 cm³/mol. The maximum Gasteiger partial charge on any atom is 0.243 e. The van der Waals surface area contributed by atoms with E-state index in [2.05, 4.69) is 4.90 Å². The lowest BCUT2D eigenvalue weighted by atomic mass is 10.1. The first-order valence-electron chi connectivity index (χ1n) is 8.43. The summed E-state index contributed by atoms with van der Waals surface area (Å²) in [6.07, 6.45) is 5.58. The molecule has 0 bridgehead atoms. The first kappa shape index (κ1) is 14.7. The molecule has 0 amide bonds. The van der Waals surface area contributed by atoms with Crippen molar-refractivity contribution in [3.05, 3.63) is 29.3 Å². The Hall–Kier alpha value is -0.910. The molecule has 0 saturated carbocycles. The van der Waals surface area contributed by atoms with Gasteiger partial charge in [-0.2, -0.15) is 4.31 Å². The Morgan fingerprint density at radius 3 is 2.77 bits per heavy atom. The van der Waals surface area contributed by atoms with Crippen LogP contribution in [0, 0.1) is 0 Å². The fourth-order valence-corrected chi connectivity index (χ4v) is 6.05. The van der Waals surface area contributed by atoms with Crippen molar-refractivity contribution in [2.45, 2.75) is 56.0 Å². The molecule has 5 heteroatoms. The highest BCUT2D eigenvalue weighted by Crippen LogP contribution is 2.31. The molecule has 22 heavy (non-hydrogen) atoms. The van der Waals surface area contributed by atoms with Gasteiger partial charge in [-0.25, -0.2) is 8.42 Å². The average Bonchev–Trinajstić information content (AvgIpc) is 3.13. The number of aryl methyl sites for hydroxylation is 2. The molecule has 1 aromatic rings. The summed E-state index contributed by atoms with van der Waals surface area (Å²) in [5, 5.41) is 0. The Bertz CT molecular complexity index is 686. The summed E-state index contributed by atoms with van der Waals surface area (Å²) >= 11 is 0. The summed E-state index contributed by atoms with van der Waals surface area (Å²) < 4.78 is 27.9. The highest BCUT2D eigenvalue weighted by molar-refractivity contribution is 7.89. The molecule has 2 aliphatic heterocycles. The van der Waals surface area contributed by atoms with Crippen molar-refractivity contribution >= 4 is 10.0 Å². The molecule has 0 aromatic heterocycles. The van der Waals surface area contributed by atoms with Crippen molar-refractivity contribution in [3.8, 4) is 0 Å². The van der Waals surface area contributed by atoms with Crippen molar-refractivity contribution in [2.24, 2.45) is 0 Å². The van der Waals surface area contributed by atoms with Crippen molar-refractivity contribution in [1.82, 2.24) is 9.21 Å².